The molecule has 1 aromatic rings. The highest BCUT2D eigenvalue weighted by molar-refractivity contribution is 5.94. The molecule has 0 heterocycles. The van der Waals surface area contributed by atoms with Crippen molar-refractivity contribution in [2.24, 2.45) is 5.92 Å². The molecule has 1 aromatic carbocycles. The van der Waals surface area contributed by atoms with Crippen molar-refractivity contribution in [3.63, 3.8) is 0 Å². The van der Waals surface area contributed by atoms with Gasteiger partial charge in [-0.25, -0.2) is 0 Å². The van der Waals surface area contributed by atoms with Crippen LogP contribution in [-0.4, -0.2) is 19.0 Å². The second-order valence-electron chi connectivity index (χ2n) is 5.14. The summed E-state index contributed by atoms with van der Waals surface area (Å²) in [6.07, 6.45) is 5.36. The van der Waals surface area contributed by atoms with Crippen molar-refractivity contribution < 1.29 is 4.79 Å². The van der Waals surface area contributed by atoms with Crippen LogP contribution in [0.4, 0.5) is 5.69 Å². The number of carbonyl (C=O) groups excluding carboxylic acids is 1. The fourth-order valence-electron chi connectivity index (χ4n) is 2.73. The molecule has 1 atom stereocenters. The quantitative estimate of drug-likeness (QED) is 0.857. The van der Waals surface area contributed by atoms with Crippen LogP contribution in [0.15, 0.2) is 24.3 Å². The minimum atomic E-state index is -0.0350. The molecule has 1 saturated carbocycles. The van der Waals surface area contributed by atoms with E-state index in [1.165, 1.54) is 25.7 Å². The highest BCUT2D eigenvalue weighted by Gasteiger charge is 2.21. The van der Waals surface area contributed by atoms with E-state index in [1.807, 2.05) is 24.3 Å². The molecule has 1 amide bonds. The van der Waals surface area contributed by atoms with Gasteiger partial charge in [-0.15, -0.1) is 0 Å². The van der Waals surface area contributed by atoms with Gasteiger partial charge in [-0.1, -0.05) is 18.9 Å². The molecule has 3 nitrogen and oxygen atoms in total. The van der Waals surface area contributed by atoms with Crippen LogP contribution in [0.3, 0.4) is 0 Å². The molecule has 18 heavy (non-hydrogen) atoms. The van der Waals surface area contributed by atoms with E-state index in [2.05, 4.69) is 17.6 Å². The maximum absolute atomic E-state index is 11.6. The Morgan fingerprint density at radius 3 is 2.72 bits per heavy atom. The van der Waals surface area contributed by atoms with Crippen LogP contribution < -0.4 is 10.6 Å². The third-order valence-electron chi connectivity index (χ3n) is 3.85. The summed E-state index contributed by atoms with van der Waals surface area (Å²) in [6.45, 7) is 2.24. The Kier molecular flexibility index (Phi) is 4.24. The van der Waals surface area contributed by atoms with Gasteiger partial charge in [0.1, 0.15) is 0 Å². The molecule has 2 rings (SSSR count). The summed E-state index contributed by atoms with van der Waals surface area (Å²) in [5.74, 6) is 0.737. The fraction of sp³-hybridized carbons (Fsp3) is 0.533. The van der Waals surface area contributed by atoms with Gasteiger partial charge in [-0.3, -0.25) is 4.79 Å². The van der Waals surface area contributed by atoms with Gasteiger partial charge < -0.3 is 10.6 Å². The molecule has 0 aromatic heterocycles. The molecular formula is C15H22N2O. The highest BCUT2D eigenvalue weighted by Crippen LogP contribution is 2.29. The summed E-state index contributed by atoms with van der Waals surface area (Å²) in [5, 5.41) is 6.17. The smallest absolute Gasteiger partial charge is 0.251 e. The molecule has 1 aliphatic rings. The molecule has 1 fully saturated rings. The van der Waals surface area contributed by atoms with Gasteiger partial charge in [0.15, 0.2) is 0 Å². The zero-order valence-corrected chi connectivity index (χ0v) is 11.2. The Hall–Kier alpha value is -1.51. The molecule has 1 aliphatic carbocycles. The van der Waals surface area contributed by atoms with E-state index in [-0.39, 0.29) is 5.91 Å². The van der Waals surface area contributed by atoms with E-state index in [0.29, 0.717) is 11.6 Å². The van der Waals surface area contributed by atoms with E-state index in [0.717, 1.165) is 11.6 Å². The van der Waals surface area contributed by atoms with Crippen molar-refractivity contribution in [3.05, 3.63) is 29.8 Å². The lowest BCUT2D eigenvalue weighted by Gasteiger charge is -2.21. The average Bonchev–Trinajstić information content (AvgIpc) is 2.92. The Morgan fingerprint density at radius 1 is 1.33 bits per heavy atom. The van der Waals surface area contributed by atoms with Crippen LogP contribution >= 0.6 is 0 Å². The number of anilines is 1. The van der Waals surface area contributed by atoms with E-state index in [1.54, 1.807) is 7.05 Å². The van der Waals surface area contributed by atoms with E-state index >= 15 is 0 Å². The maximum Gasteiger partial charge on any atom is 0.251 e. The van der Waals surface area contributed by atoms with Crippen molar-refractivity contribution in [2.75, 3.05) is 12.4 Å². The van der Waals surface area contributed by atoms with Crippen LogP contribution in [0.2, 0.25) is 0 Å². The van der Waals surface area contributed by atoms with Gasteiger partial charge in [0.05, 0.1) is 0 Å². The van der Waals surface area contributed by atoms with Gasteiger partial charge in [0.2, 0.25) is 0 Å². The van der Waals surface area contributed by atoms with E-state index in [4.69, 9.17) is 0 Å². The molecule has 0 spiro atoms. The summed E-state index contributed by atoms with van der Waals surface area (Å²) in [6, 6.07) is 8.19. The first-order valence-corrected chi connectivity index (χ1v) is 6.79. The first kappa shape index (κ1) is 12.9. The van der Waals surface area contributed by atoms with Gasteiger partial charge in [0, 0.05) is 24.3 Å². The zero-order chi connectivity index (χ0) is 13.0. The Morgan fingerprint density at radius 2 is 2.06 bits per heavy atom. The third kappa shape index (κ3) is 3.03. The fourth-order valence-corrected chi connectivity index (χ4v) is 2.73. The van der Waals surface area contributed by atoms with Crippen LogP contribution in [0.5, 0.6) is 0 Å². The molecular weight excluding hydrogens is 224 g/mol. The summed E-state index contributed by atoms with van der Waals surface area (Å²) in [5.41, 5.74) is 1.75. The summed E-state index contributed by atoms with van der Waals surface area (Å²) < 4.78 is 0. The largest absolute Gasteiger partial charge is 0.382 e. The molecule has 3 heteroatoms. The predicted molar refractivity (Wildman–Crippen MR) is 74.9 cm³/mol. The molecule has 2 N–H and O–H groups in total. The highest BCUT2D eigenvalue weighted by atomic mass is 16.1. The SMILES string of the molecule is CNC(=O)c1cccc(NC(C)C2CCCC2)c1. The Balaban J connectivity index is 2.02. The van der Waals surface area contributed by atoms with E-state index in [9.17, 15) is 4.79 Å². The first-order valence-electron chi connectivity index (χ1n) is 6.79. The molecule has 1 unspecified atom stereocenters. The second-order valence-corrected chi connectivity index (χ2v) is 5.14. The zero-order valence-electron chi connectivity index (χ0n) is 11.2. The first-order chi connectivity index (χ1) is 8.70. The third-order valence-corrected chi connectivity index (χ3v) is 3.85. The van der Waals surface area contributed by atoms with Crippen molar-refractivity contribution in [1.29, 1.82) is 0 Å². The summed E-state index contributed by atoms with van der Waals surface area (Å²) >= 11 is 0. The second kappa shape index (κ2) is 5.89. The number of benzene rings is 1. The van der Waals surface area contributed by atoms with Gasteiger partial charge in [-0.2, -0.15) is 0 Å². The van der Waals surface area contributed by atoms with Crippen LogP contribution in [0.1, 0.15) is 43.0 Å². The summed E-state index contributed by atoms with van der Waals surface area (Å²) in [7, 11) is 1.66. The van der Waals surface area contributed by atoms with Gasteiger partial charge in [0.25, 0.3) is 5.91 Å². The Bertz CT molecular complexity index is 411. The minimum Gasteiger partial charge on any atom is -0.382 e. The molecule has 0 saturated heterocycles. The van der Waals surface area contributed by atoms with Crippen LogP contribution in [0.25, 0.3) is 0 Å². The van der Waals surface area contributed by atoms with Crippen molar-refractivity contribution in [3.8, 4) is 0 Å². The number of hydrogen-bond acceptors (Lipinski definition) is 2. The molecule has 0 aliphatic heterocycles. The maximum atomic E-state index is 11.6. The van der Waals surface area contributed by atoms with Gasteiger partial charge in [-0.05, 0) is 43.9 Å². The van der Waals surface area contributed by atoms with Crippen molar-refractivity contribution in [2.45, 2.75) is 38.6 Å². The molecule has 0 bridgehead atoms. The number of carbonyl (C=O) groups is 1. The lowest BCUT2D eigenvalue weighted by Crippen LogP contribution is -2.24. The monoisotopic (exact) mass is 246 g/mol. The predicted octanol–water partition coefficient (Wildman–Crippen LogP) is 3.04. The lowest BCUT2D eigenvalue weighted by molar-refractivity contribution is 0.0963. The van der Waals surface area contributed by atoms with Gasteiger partial charge >= 0.3 is 0 Å². The van der Waals surface area contributed by atoms with Crippen LogP contribution in [-0.2, 0) is 0 Å². The van der Waals surface area contributed by atoms with Crippen molar-refractivity contribution in [1.82, 2.24) is 5.32 Å². The number of rotatable bonds is 4. The number of nitrogens with one attached hydrogen (secondary N) is 2. The minimum absolute atomic E-state index is 0.0350. The average molecular weight is 246 g/mol. The van der Waals surface area contributed by atoms with E-state index < -0.39 is 0 Å². The Labute approximate surface area is 109 Å². The topological polar surface area (TPSA) is 41.1 Å². The summed E-state index contributed by atoms with van der Waals surface area (Å²) in [4.78, 5) is 11.6. The molecule has 0 radical (unpaired) electrons. The van der Waals surface area contributed by atoms with Crippen molar-refractivity contribution >= 4 is 11.6 Å². The number of hydrogen-bond donors (Lipinski definition) is 2. The molecule has 98 valence electrons. The van der Waals surface area contributed by atoms with Crippen LogP contribution in [0, 0.1) is 5.92 Å². The normalized spacial score (nSPS) is 17.4. The lowest BCUT2D eigenvalue weighted by atomic mass is 9.99. The standard InChI is InChI=1S/C15H22N2O/c1-11(12-6-3-4-7-12)17-14-9-5-8-13(10-14)15(18)16-2/h5,8-12,17H,3-4,6-7H2,1-2H3,(H,16,18). The number of amides is 1.